The summed E-state index contributed by atoms with van der Waals surface area (Å²) in [6.45, 7) is 0.869. The Morgan fingerprint density at radius 3 is 2.75 bits per heavy atom. The van der Waals surface area contributed by atoms with Crippen LogP contribution in [0, 0.1) is 0 Å². The molecule has 0 bridgehead atoms. The lowest BCUT2D eigenvalue weighted by molar-refractivity contribution is -0.141. The number of alkyl halides is 3. The SMILES string of the molecule is OC(CC1CCCCN1)c1cc(C(F)(F)F)nc2ccc(Cl)cc12. The van der Waals surface area contributed by atoms with Gasteiger partial charge in [-0.3, -0.25) is 0 Å². The summed E-state index contributed by atoms with van der Waals surface area (Å²) in [6, 6.07) is 5.53. The van der Waals surface area contributed by atoms with Gasteiger partial charge in [-0.15, -0.1) is 0 Å². The van der Waals surface area contributed by atoms with Crippen molar-refractivity contribution in [2.24, 2.45) is 0 Å². The van der Waals surface area contributed by atoms with E-state index in [9.17, 15) is 18.3 Å². The van der Waals surface area contributed by atoms with Gasteiger partial charge in [0, 0.05) is 16.5 Å². The predicted octanol–water partition coefficient (Wildman–Crippen LogP) is 4.47. The van der Waals surface area contributed by atoms with Gasteiger partial charge in [-0.1, -0.05) is 18.0 Å². The highest BCUT2D eigenvalue weighted by molar-refractivity contribution is 6.31. The van der Waals surface area contributed by atoms with Crippen molar-refractivity contribution < 1.29 is 18.3 Å². The first-order chi connectivity index (χ1) is 11.3. The van der Waals surface area contributed by atoms with Gasteiger partial charge in [0.15, 0.2) is 0 Å². The van der Waals surface area contributed by atoms with Gasteiger partial charge in [-0.25, -0.2) is 4.98 Å². The van der Waals surface area contributed by atoms with Crippen molar-refractivity contribution in [3.63, 3.8) is 0 Å². The number of halogens is 4. The molecule has 1 aromatic carbocycles. The monoisotopic (exact) mass is 358 g/mol. The minimum atomic E-state index is -4.56. The topological polar surface area (TPSA) is 45.1 Å². The molecule has 130 valence electrons. The van der Waals surface area contributed by atoms with E-state index >= 15 is 0 Å². The van der Waals surface area contributed by atoms with Crippen LogP contribution in [0.15, 0.2) is 24.3 Å². The summed E-state index contributed by atoms with van der Waals surface area (Å²) in [5, 5.41) is 14.7. The number of aromatic nitrogens is 1. The van der Waals surface area contributed by atoms with E-state index in [2.05, 4.69) is 10.3 Å². The van der Waals surface area contributed by atoms with E-state index in [1.54, 1.807) is 6.07 Å². The van der Waals surface area contributed by atoms with Crippen LogP contribution in [-0.2, 0) is 6.18 Å². The molecule has 2 heterocycles. The summed E-state index contributed by atoms with van der Waals surface area (Å²) in [5.41, 5.74) is -0.593. The highest BCUT2D eigenvalue weighted by Crippen LogP contribution is 2.35. The second-order valence-electron chi connectivity index (χ2n) is 6.15. The smallest absolute Gasteiger partial charge is 0.388 e. The number of aliphatic hydroxyl groups excluding tert-OH is 1. The van der Waals surface area contributed by atoms with Crippen molar-refractivity contribution in [1.29, 1.82) is 0 Å². The molecule has 0 amide bonds. The molecule has 1 aliphatic rings. The number of aliphatic hydroxyl groups is 1. The van der Waals surface area contributed by atoms with Crippen molar-refractivity contribution in [2.75, 3.05) is 6.54 Å². The molecular formula is C17H18ClF3N2O. The second-order valence-corrected chi connectivity index (χ2v) is 6.59. The van der Waals surface area contributed by atoms with Crippen LogP contribution in [0.2, 0.25) is 5.02 Å². The molecule has 3 rings (SSSR count). The van der Waals surface area contributed by atoms with Crippen molar-refractivity contribution >= 4 is 22.5 Å². The lowest BCUT2D eigenvalue weighted by Gasteiger charge is -2.26. The first-order valence-corrected chi connectivity index (χ1v) is 8.31. The second kappa shape index (κ2) is 6.86. The van der Waals surface area contributed by atoms with E-state index in [0.29, 0.717) is 16.8 Å². The summed E-state index contributed by atoms with van der Waals surface area (Å²) in [7, 11) is 0. The van der Waals surface area contributed by atoms with Crippen LogP contribution in [0.3, 0.4) is 0 Å². The molecule has 2 N–H and O–H groups in total. The third-order valence-corrected chi connectivity index (χ3v) is 4.61. The van der Waals surface area contributed by atoms with Crippen molar-refractivity contribution in [2.45, 2.75) is 44.0 Å². The number of pyridine rings is 1. The van der Waals surface area contributed by atoms with Gasteiger partial charge in [0.25, 0.3) is 0 Å². The Morgan fingerprint density at radius 1 is 1.29 bits per heavy atom. The predicted molar refractivity (Wildman–Crippen MR) is 87.0 cm³/mol. The van der Waals surface area contributed by atoms with Crippen molar-refractivity contribution in [3.05, 3.63) is 40.5 Å². The fraction of sp³-hybridized carbons (Fsp3) is 0.471. The lowest BCUT2D eigenvalue weighted by Crippen LogP contribution is -2.35. The van der Waals surface area contributed by atoms with Crippen LogP contribution in [0.4, 0.5) is 13.2 Å². The van der Waals surface area contributed by atoms with Gasteiger partial charge in [0.2, 0.25) is 0 Å². The first-order valence-electron chi connectivity index (χ1n) is 7.93. The molecule has 2 aromatic rings. The fourth-order valence-electron chi connectivity index (χ4n) is 3.17. The number of hydrogen-bond donors (Lipinski definition) is 2. The van der Waals surface area contributed by atoms with Crippen LogP contribution < -0.4 is 5.32 Å². The zero-order valence-corrected chi connectivity index (χ0v) is 13.7. The van der Waals surface area contributed by atoms with Crippen molar-refractivity contribution in [1.82, 2.24) is 10.3 Å². The molecule has 2 unspecified atom stereocenters. The number of benzene rings is 1. The largest absolute Gasteiger partial charge is 0.433 e. The molecule has 1 saturated heterocycles. The highest BCUT2D eigenvalue weighted by Gasteiger charge is 2.34. The maximum atomic E-state index is 13.1. The van der Waals surface area contributed by atoms with Crippen LogP contribution in [0.1, 0.15) is 43.0 Å². The summed E-state index contributed by atoms with van der Waals surface area (Å²) in [5.74, 6) is 0. The molecule has 1 aliphatic heterocycles. The minimum absolute atomic E-state index is 0.102. The van der Waals surface area contributed by atoms with Crippen LogP contribution in [0.25, 0.3) is 10.9 Å². The number of hydrogen-bond acceptors (Lipinski definition) is 3. The Labute approximate surface area is 142 Å². The normalized spacial score (nSPS) is 20.3. The van der Waals surface area contributed by atoms with Crippen LogP contribution >= 0.6 is 11.6 Å². The molecule has 1 aromatic heterocycles. The van der Waals surface area contributed by atoms with E-state index in [-0.39, 0.29) is 17.1 Å². The number of fused-ring (bicyclic) bond motifs is 1. The minimum Gasteiger partial charge on any atom is -0.388 e. The van der Waals surface area contributed by atoms with Gasteiger partial charge < -0.3 is 10.4 Å². The Morgan fingerprint density at radius 2 is 2.08 bits per heavy atom. The average Bonchev–Trinajstić information content (AvgIpc) is 2.53. The lowest BCUT2D eigenvalue weighted by atomic mass is 9.93. The maximum Gasteiger partial charge on any atom is 0.433 e. The quantitative estimate of drug-likeness (QED) is 0.850. The van der Waals surface area contributed by atoms with Gasteiger partial charge in [0.1, 0.15) is 5.69 Å². The number of nitrogens with zero attached hydrogens (tertiary/aromatic N) is 1. The molecule has 1 fully saturated rings. The summed E-state index contributed by atoms with van der Waals surface area (Å²) in [4.78, 5) is 3.67. The van der Waals surface area contributed by atoms with Crippen LogP contribution in [0.5, 0.6) is 0 Å². The molecule has 24 heavy (non-hydrogen) atoms. The summed E-state index contributed by atoms with van der Waals surface area (Å²) >= 11 is 5.97. The molecule has 0 radical (unpaired) electrons. The maximum absolute atomic E-state index is 13.1. The highest BCUT2D eigenvalue weighted by atomic mass is 35.5. The molecule has 7 heteroatoms. The van der Waals surface area contributed by atoms with E-state index in [0.717, 1.165) is 31.9 Å². The number of nitrogens with one attached hydrogen (secondary N) is 1. The van der Waals surface area contributed by atoms with E-state index in [1.165, 1.54) is 12.1 Å². The van der Waals surface area contributed by atoms with Gasteiger partial charge in [0.05, 0.1) is 11.6 Å². The molecule has 3 nitrogen and oxygen atoms in total. The average molecular weight is 359 g/mol. The zero-order chi connectivity index (χ0) is 17.3. The van der Waals surface area contributed by atoms with Crippen LogP contribution in [-0.4, -0.2) is 22.7 Å². The Kier molecular flexibility index (Phi) is 4.99. The van der Waals surface area contributed by atoms with E-state index < -0.39 is 18.0 Å². The first kappa shape index (κ1) is 17.5. The number of piperidine rings is 1. The Bertz CT molecular complexity index is 730. The van der Waals surface area contributed by atoms with E-state index in [1.807, 2.05) is 0 Å². The van der Waals surface area contributed by atoms with Gasteiger partial charge in [-0.2, -0.15) is 13.2 Å². The molecule has 0 spiro atoms. The summed E-state index contributed by atoms with van der Waals surface area (Å²) in [6.07, 6.45) is -2.16. The Balaban J connectivity index is 2.01. The van der Waals surface area contributed by atoms with Gasteiger partial charge in [-0.05, 0) is 55.6 Å². The van der Waals surface area contributed by atoms with Crippen molar-refractivity contribution in [3.8, 4) is 0 Å². The zero-order valence-electron chi connectivity index (χ0n) is 12.9. The molecular weight excluding hydrogens is 341 g/mol. The standard InChI is InChI=1S/C17H18ClF3N2O/c18-10-4-5-14-12(7-10)13(9-16(23-14)17(19,20)21)15(24)8-11-3-1-2-6-22-11/h4-5,7,9,11,15,22,24H,1-3,6,8H2. The summed E-state index contributed by atoms with van der Waals surface area (Å²) < 4.78 is 39.3. The Hall–Kier alpha value is -1.37. The molecule has 0 aliphatic carbocycles. The third-order valence-electron chi connectivity index (χ3n) is 4.37. The molecule has 2 atom stereocenters. The van der Waals surface area contributed by atoms with Gasteiger partial charge >= 0.3 is 6.18 Å². The number of rotatable bonds is 3. The van der Waals surface area contributed by atoms with E-state index in [4.69, 9.17) is 11.6 Å². The fourth-order valence-corrected chi connectivity index (χ4v) is 3.34. The molecule has 0 saturated carbocycles. The third kappa shape index (κ3) is 3.82.